The molecular formula is C13H17NO2. The lowest BCUT2D eigenvalue weighted by Gasteiger charge is -2.10. The van der Waals surface area contributed by atoms with E-state index in [1.165, 1.54) is 0 Å². The molecule has 1 aromatic rings. The molecule has 0 aliphatic heterocycles. The lowest BCUT2D eigenvalue weighted by Crippen LogP contribution is -2.33. The van der Waals surface area contributed by atoms with Gasteiger partial charge >= 0.3 is 0 Å². The van der Waals surface area contributed by atoms with Crippen molar-refractivity contribution in [2.45, 2.75) is 40.2 Å². The molecule has 16 heavy (non-hydrogen) atoms. The number of hydrogen-bond donors (Lipinski definition) is 1. The van der Waals surface area contributed by atoms with Crippen molar-refractivity contribution < 1.29 is 9.21 Å². The number of hydrogen-bond acceptors (Lipinski definition) is 2. The Morgan fingerprint density at radius 1 is 1.44 bits per heavy atom. The maximum Gasteiger partial charge on any atom is 0.256 e. The smallest absolute Gasteiger partial charge is 0.256 e. The minimum atomic E-state index is -0.221. The topological polar surface area (TPSA) is 42.2 Å². The van der Waals surface area contributed by atoms with Crippen LogP contribution in [-0.2, 0) is 0 Å². The summed E-state index contributed by atoms with van der Waals surface area (Å²) in [4.78, 5) is 12.0. The van der Waals surface area contributed by atoms with Crippen molar-refractivity contribution in [1.82, 2.24) is 5.32 Å². The number of furan rings is 1. The van der Waals surface area contributed by atoms with E-state index in [4.69, 9.17) is 10.8 Å². The summed E-state index contributed by atoms with van der Waals surface area (Å²) in [7, 11) is 0. The van der Waals surface area contributed by atoms with Crippen LogP contribution >= 0.6 is 0 Å². The highest BCUT2D eigenvalue weighted by Gasteiger charge is 2.19. The molecule has 0 saturated heterocycles. The molecule has 1 atom stereocenters. The fourth-order valence-electron chi connectivity index (χ4n) is 1.62. The normalized spacial score (nSPS) is 11.9. The molecule has 0 radical (unpaired) electrons. The molecule has 1 heterocycles. The van der Waals surface area contributed by atoms with Crippen molar-refractivity contribution in [2.75, 3.05) is 0 Å². The van der Waals surface area contributed by atoms with Gasteiger partial charge in [0.1, 0.15) is 11.5 Å². The van der Waals surface area contributed by atoms with Crippen LogP contribution in [0.1, 0.15) is 40.8 Å². The Morgan fingerprint density at radius 3 is 2.44 bits per heavy atom. The van der Waals surface area contributed by atoms with Gasteiger partial charge in [0.15, 0.2) is 0 Å². The summed E-state index contributed by atoms with van der Waals surface area (Å²) in [5, 5.41) is 2.79. The van der Waals surface area contributed by atoms with Gasteiger partial charge in [-0.3, -0.25) is 4.79 Å². The molecule has 1 amide bonds. The molecule has 0 aliphatic rings. The Kier molecular flexibility index (Phi) is 3.78. The van der Waals surface area contributed by atoms with Gasteiger partial charge in [0.2, 0.25) is 0 Å². The van der Waals surface area contributed by atoms with Crippen LogP contribution in [0.2, 0.25) is 0 Å². The van der Waals surface area contributed by atoms with Gasteiger partial charge in [0.25, 0.3) is 5.91 Å². The van der Waals surface area contributed by atoms with E-state index in [-0.39, 0.29) is 11.9 Å². The second kappa shape index (κ2) is 4.89. The highest BCUT2D eigenvalue weighted by Crippen LogP contribution is 2.20. The van der Waals surface area contributed by atoms with Crippen LogP contribution < -0.4 is 5.32 Å². The molecule has 1 rings (SSSR count). The van der Waals surface area contributed by atoms with Gasteiger partial charge in [0, 0.05) is 5.56 Å². The van der Waals surface area contributed by atoms with Crippen molar-refractivity contribution in [1.29, 1.82) is 0 Å². The van der Waals surface area contributed by atoms with Gasteiger partial charge in [0.05, 0.1) is 11.6 Å². The summed E-state index contributed by atoms with van der Waals surface area (Å²) in [5.41, 5.74) is 1.48. The van der Waals surface area contributed by atoms with Crippen LogP contribution in [0.5, 0.6) is 0 Å². The second-order valence-electron chi connectivity index (χ2n) is 3.82. The minimum Gasteiger partial charge on any atom is -0.466 e. The van der Waals surface area contributed by atoms with E-state index in [2.05, 4.69) is 11.2 Å². The second-order valence-corrected chi connectivity index (χ2v) is 3.82. The Morgan fingerprint density at radius 2 is 2.06 bits per heavy atom. The SMILES string of the molecule is C#CC(CC)NC(=O)c1c(C)oc(C)c1C. The number of carbonyl (C=O) groups is 1. The third-order valence-electron chi connectivity index (χ3n) is 2.70. The summed E-state index contributed by atoms with van der Waals surface area (Å²) in [6.45, 7) is 7.44. The number of nitrogens with one attached hydrogen (secondary N) is 1. The average Bonchev–Trinajstić information content (AvgIpc) is 2.49. The van der Waals surface area contributed by atoms with Gasteiger partial charge < -0.3 is 9.73 Å². The molecule has 0 saturated carbocycles. The molecule has 0 bridgehead atoms. The summed E-state index contributed by atoms with van der Waals surface area (Å²) in [5.74, 6) is 3.79. The van der Waals surface area contributed by atoms with Crippen molar-refractivity contribution in [3.8, 4) is 12.3 Å². The van der Waals surface area contributed by atoms with Crippen LogP contribution in [0, 0.1) is 33.1 Å². The molecule has 0 aliphatic carbocycles. The van der Waals surface area contributed by atoms with Crippen molar-refractivity contribution in [2.24, 2.45) is 0 Å². The number of terminal acetylenes is 1. The predicted molar refractivity (Wildman–Crippen MR) is 63.3 cm³/mol. The molecule has 0 fully saturated rings. The number of aryl methyl sites for hydroxylation is 2. The van der Waals surface area contributed by atoms with E-state index in [9.17, 15) is 4.79 Å². The van der Waals surface area contributed by atoms with E-state index in [1.54, 1.807) is 6.92 Å². The Bertz CT molecular complexity index is 438. The highest BCUT2D eigenvalue weighted by atomic mass is 16.3. The first-order valence-electron chi connectivity index (χ1n) is 5.34. The molecule has 0 aromatic carbocycles. The zero-order chi connectivity index (χ0) is 12.3. The number of rotatable bonds is 3. The van der Waals surface area contributed by atoms with Gasteiger partial charge in [-0.2, -0.15) is 0 Å². The van der Waals surface area contributed by atoms with Crippen molar-refractivity contribution >= 4 is 5.91 Å². The molecule has 86 valence electrons. The molecule has 3 nitrogen and oxygen atoms in total. The number of carbonyl (C=O) groups excluding carboxylic acids is 1. The fraction of sp³-hybridized carbons (Fsp3) is 0.462. The maximum absolute atomic E-state index is 12.0. The summed E-state index contributed by atoms with van der Waals surface area (Å²) in [6, 6.07) is -0.221. The van der Waals surface area contributed by atoms with Gasteiger partial charge in [-0.15, -0.1) is 6.42 Å². The Balaban J connectivity index is 2.94. The van der Waals surface area contributed by atoms with E-state index in [1.807, 2.05) is 20.8 Å². The van der Waals surface area contributed by atoms with Gasteiger partial charge in [-0.05, 0) is 27.2 Å². The first-order chi connectivity index (χ1) is 7.51. The Labute approximate surface area is 96.2 Å². The van der Waals surface area contributed by atoms with Gasteiger partial charge in [-0.1, -0.05) is 12.8 Å². The zero-order valence-corrected chi connectivity index (χ0v) is 10.2. The van der Waals surface area contributed by atoms with Gasteiger partial charge in [-0.25, -0.2) is 0 Å². The third kappa shape index (κ3) is 2.27. The average molecular weight is 219 g/mol. The van der Waals surface area contributed by atoms with Crippen molar-refractivity contribution in [3.63, 3.8) is 0 Å². The third-order valence-corrected chi connectivity index (χ3v) is 2.70. The lowest BCUT2D eigenvalue weighted by molar-refractivity contribution is 0.0943. The summed E-state index contributed by atoms with van der Waals surface area (Å²) < 4.78 is 5.40. The lowest BCUT2D eigenvalue weighted by atomic mass is 10.1. The molecule has 1 unspecified atom stereocenters. The van der Waals surface area contributed by atoms with Crippen LogP contribution in [0.15, 0.2) is 4.42 Å². The van der Waals surface area contributed by atoms with E-state index in [0.29, 0.717) is 11.3 Å². The maximum atomic E-state index is 12.0. The summed E-state index contributed by atoms with van der Waals surface area (Å²) in [6.07, 6.45) is 6.02. The standard InChI is InChI=1S/C13H17NO2/c1-6-11(7-2)14-13(15)12-8(3)9(4)16-10(12)5/h1,11H,7H2,2-5H3,(H,14,15). The quantitative estimate of drug-likeness (QED) is 0.793. The largest absolute Gasteiger partial charge is 0.466 e. The van der Waals surface area contributed by atoms with Crippen molar-refractivity contribution in [3.05, 3.63) is 22.6 Å². The molecule has 3 heteroatoms. The Hall–Kier alpha value is -1.69. The van der Waals surface area contributed by atoms with E-state index < -0.39 is 0 Å². The highest BCUT2D eigenvalue weighted by molar-refractivity contribution is 5.97. The number of amides is 1. The van der Waals surface area contributed by atoms with Crippen LogP contribution in [-0.4, -0.2) is 11.9 Å². The molecular weight excluding hydrogens is 202 g/mol. The monoisotopic (exact) mass is 219 g/mol. The molecule has 1 N–H and O–H groups in total. The minimum absolute atomic E-state index is 0.156. The first kappa shape index (κ1) is 12.4. The van der Waals surface area contributed by atoms with Crippen LogP contribution in [0.3, 0.4) is 0 Å². The molecule has 1 aromatic heterocycles. The first-order valence-corrected chi connectivity index (χ1v) is 5.34. The van der Waals surface area contributed by atoms with Crippen LogP contribution in [0.4, 0.5) is 0 Å². The summed E-state index contributed by atoms with van der Waals surface area (Å²) >= 11 is 0. The van der Waals surface area contributed by atoms with E-state index >= 15 is 0 Å². The molecule has 0 spiro atoms. The zero-order valence-electron chi connectivity index (χ0n) is 10.2. The fourth-order valence-corrected chi connectivity index (χ4v) is 1.62. The predicted octanol–water partition coefficient (Wildman–Crippen LogP) is 2.35. The van der Waals surface area contributed by atoms with E-state index in [0.717, 1.165) is 17.7 Å². The van der Waals surface area contributed by atoms with Crippen LogP contribution in [0.25, 0.3) is 0 Å².